The van der Waals surface area contributed by atoms with Crippen LogP contribution in [0.3, 0.4) is 0 Å². The van der Waals surface area contributed by atoms with E-state index in [-0.39, 0.29) is 5.41 Å². The first kappa shape index (κ1) is 9.35. The molecule has 0 amide bonds. The van der Waals surface area contributed by atoms with Gasteiger partial charge in [-0.25, -0.2) is 0 Å². The normalized spacial score (nSPS) is 37.1. The molecule has 1 saturated carbocycles. The monoisotopic (exact) mass is 234 g/mol. The summed E-state index contributed by atoms with van der Waals surface area (Å²) in [6, 6.07) is 17.5. The van der Waals surface area contributed by atoms with E-state index in [1.165, 1.54) is 22.3 Å². The minimum Gasteiger partial charge on any atom is -0.395 e. The standard InChI is InChI=1S/C17H14O/c18-9-17-13-8-4-3-7-12(13)14-10-5-1-2-6-11(10)15(17)16(14)17/h1-8,14-16,18H,9H2/t14-,15+,16-,17-/m1/s1. The van der Waals surface area contributed by atoms with Crippen molar-refractivity contribution < 1.29 is 5.11 Å². The molecular formula is C17H14O. The summed E-state index contributed by atoms with van der Waals surface area (Å²) in [4.78, 5) is 0. The molecule has 0 saturated heterocycles. The smallest absolute Gasteiger partial charge is 0.0537 e. The molecule has 2 aromatic carbocycles. The van der Waals surface area contributed by atoms with Crippen molar-refractivity contribution in [1.29, 1.82) is 0 Å². The molecule has 0 unspecified atom stereocenters. The number of hydrogen-bond acceptors (Lipinski definition) is 1. The van der Waals surface area contributed by atoms with Gasteiger partial charge in [-0.15, -0.1) is 0 Å². The molecule has 4 atom stereocenters. The maximum absolute atomic E-state index is 9.96. The fraction of sp³-hybridized carbons (Fsp3) is 0.294. The summed E-state index contributed by atoms with van der Waals surface area (Å²) in [5, 5.41) is 9.96. The van der Waals surface area contributed by atoms with Crippen LogP contribution in [0.25, 0.3) is 0 Å². The van der Waals surface area contributed by atoms with E-state index in [1.807, 2.05) is 0 Å². The fourth-order valence-electron chi connectivity index (χ4n) is 4.89. The van der Waals surface area contributed by atoms with Crippen LogP contribution in [0.1, 0.15) is 34.1 Å². The van der Waals surface area contributed by atoms with Gasteiger partial charge in [-0.3, -0.25) is 0 Å². The molecule has 3 aliphatic carbocycles. The molecule has 1 fully saturated rings. The van der Waals surface area contributed by atoms with Crippen molar-refractivity contribution in [3.05, 3.63) is 70.8 Å². The molecule has 1 nitrogen and oxygen atoms in total. The second-order valence-corrected chi connectivity index (χ2v) is 5.90. The van der Waals surface area contributed by atoms with Crippen LogP contribution in [0.15, 0.2) is 48.5 Å². The highest BCUT2D eigenvalue weighted by atomic mass is 16.3. The lowest BCUT2D eigenvalue weighted by molar-refractivity contribution is 0.245. The van der Waals surface area contributed by atoms with Crippen molar-refractivity contribution in [2.45, 2.75) is 17.3 Å². The number of hydrogen-bond donors (Lipinski definition) is 1. The first-order chi connectivity index (χ1) is 8.89. The number of aliphatic hydroxyl groups excluding tert-OH is 1. The predicted molar refractivity (Wildman–Crippen MR) is 69.7 cm³/mol. The van der Waals surface area contributed by atoms with Crippen LogP contribution in [0.4, 0.5) is 0 Å². The second kappa shape index (κ2) is 2.70. The Morgan fingerprint density at radius 3 is 2.33 bits per heavy atom. The Balaban J connectivity index is 1.86. The lowest BCUT2D eigenvalue weighted by atomic mass is 9.91. The minimum absolute atomic E-state index is 0.0512. The maximum atomic E-state index is 9.96. The molecule has 2 aromatic rings. The highest BCUT2D eigenvalue weighted by Gasteiger charge is 2.76. The molecular weight excluding hydrogens is 220 g/mol. The van der Waals surface area contributed by atoms with Gasteiger partial charge in [0.2, 0.25) is 0 Å². The third kappa shape index (κ3) is 0.733. The topological polar surface area (TPSA) is 20.2 Å². The molecule has 0 heterocycles. The van der Waals surface area contributed by atoms with Gasteiger partial charge in [-0.1, -0.05) is 48.5 Å². The molecule has 0 bridgehead atoms. The van der Waals surface area contributed by atoms with Crippen molar-refractivity contribution in [3.63, 3.8) is 0 Å². The van der Waals surface area contributed by atoms with Crippen molar-refractivity contribution in [2.24, 2.45) is 5.92 Å². The van der Waals surface area contributed by atoms with Crippen LogP contribution >= 0.6 is 0 Å². The molecule has 5 rings (SSSR count). The third-order valence-corrected chi connectivity index (χ3v) is 5.48. The van der Waals surface area contributed by atoms with E-state index in [4.69, 9.17) is 0 Å². The Hall–Kier alpha value is -1.60. The Bertz CT molecular complexity index is 675. The highest BCUT2D eigenvalue weighted by molar-refractivity contribution is 5.67. The predicted octanol–water partition coefficient (Wildman–Crippen LogP) is 2.79. The molecule has 3 aliphatic rings. The van der Waals surface area contributed by atoms with Crippen molar-refractivity contribution in [1.82, 2.24) is 0 Å². The van der Waals surface area contributed by atoms with E-state index in [0.717, 1.165) is 0 Å². The zero-order valence-corrected chi connectivity index (χ0v) is 10.0. The van der Waals surface area contributed by atoms with Gasteiger partial charge in [0, 0.05) is 17.3 Å². The Morgan fingerprint density at radius 1 is 0.889 bits per heavy atom. The van der Waals surface area contributed by atoms with Crippen molar-refractivity contribution in [3.8, 4) is 0 Å². The first-order valence-electron chi connectivity index (χ1n) is 6.68. The summed E-state index contributed by atoms with van der Waals surface area (Å²) in [5.41, 5.74) is 5.90. The molecule has 0 aromatic heterocycles. The van der Waals surface area contributed by atoms with E-state index in [2.05, 4.69) is 48.5 Å². The molecule has 88 valence electrons. The van der Waals surface area contributed by atoms with Gasteiger partial charge in [0.1, 0.15) is 0 Å². The van der Waals surface area contributed by atoms with Crippen LogP contribution in [0.5, 0.6) is 0 Å². The van der Waals surface area contributed by atoms with Gasteiger partial charge < -0.3 is 5.11 Å². The summed E-state index contributed by atoms with van der Waals surface area (Å²) in [5.74, 6) is 1.73. The molecule has 0 spiro atoms. The quantitative estimate of drug-likeness (QED) is 0.804. The Kier molecular flexibility index (Phi) is 1.40. The SMILES string of the molecule is OC[C@@]12c3ccccc3[C@H]3c4ccccc4[C@H]1[C@@H]32. The summed E-state index contributed by atoms with van der Waals surface area (Å²) in [6.45, 7) is 0.296. The van der Waals surface area contributed by atoms with Crippen LogP contribution < -0.4 is 0 Å². The van der Waals surface area contributed by atoms with E-state index in [9.17, 15) is 5.11 Å². The van der Waals surface area contributed by atoms with Crippen LogP contribution in [-0.2, 0) is 5.41 Å². The molecule has 18 heavy (non-hydrogen) atoms. The van der Waals surface area contributed by atoms with Crippen LogP contribution in [0, 0.1) is 5.92 Å². The van der Waals surface area contributed by atoms with Gasteiger partial charge in [-0.05, 0) is 28.2 Å². The Labute approximate surface area is 106 Å². The minimum atomic E-state index is 0.0512. The largest absolute Gasteiger partial charge is 0.395 e. The van der Waals surface area contributed by atoms with Gasteiger partial charge >= 0.3 is 0 Å². The number of benzene rings is 2. The molecule has 1 N–H and O–H groups in total. The second-order valence-electron chi connectivity index (χ2n) is 5.90. The first-order valence-corrected chi connectivity index (χ1v) is 6.68. The van der Waals surface area contributed by atoms with Gasteiger partial charge in [-0.2, -0.15) is 0 Å². The molecule has 1 heteroatoms. The lowest BCUT2D eigenvalue weighted by Crippen LogP contribution is -2.16. The van der Waals surface area contributed by atoms with Crippen LogP contribution in [0.2, 0.25) is 0 Å². The average molecular weight is 234 g/mol. The lowest BCUT2D eigenvalue weighted by Gasteiger charge is -2.14. The van der Waals surface area contributed by atoms with Gasteiger partial charge in [0.15, 0.2) is 0 Å². The summed E-state index contributed by atoms with van der Waals surface area (Å²) in [7, 11) is 0. The number of rotatable bonds is 1. The fourth-order valence-corrected chi connectivity index (χ4v) is 4.89. The third-order valence-electron chi connectivity index (χ3n) is 5.48. The molecule has 0 radical (unpaired) electrons. The van der Waals surface area contributed by atoms with Crippen molar-refractivity contribution >= 4 is 0 Å². The van der Waals surface area contributed by atoms with Crippen LogP contribution in [-0.4, -0.2) is 11.7 Å². The van der Waals surface area contributed by atoms with E-state index < -0.39 is 0 Å². The molecule has 0 aliphatic heterocycles. The number of aliphatic hydroxyl groups is 1. The zero-order chi connectivity index (χ0) is 11.9. The summed E-state index contributed by atoms with van der Waals surface area (Å²) < 4.78 is 0. The summed E-state index contributed by atoms with van der Waals surface area (Å²) in [6.07, 6.45) is 0. The van der Waals surface area contributed by atoms with E-state index >= 15 is 0 Å². The van der Waals surface area contributed by atoms with Gasteiger partial charge in [0.05, 0.1) is 6.61 Å². The van der Waals surface area contributed by atoms with E-state index in [1.54, 1.807) is 0 Å². The highest BCUT2D eigenvalue weighted by Crippen LogP contribution is 2.80. The van der Waals surface area contributed by atoms with Crippen molar-refractivity contribution in [2.75, 3.05) is 6.61 Å². The number of fused-ring (bicyclic) bond motifs is 7. The average Bonchev–Trinajstić information content (AvgIpc) is 2.87. The summed E-state index contributed by atoms with van der Waals surface area (Å²) >= 11 is 0. The Morgan fingerprint density at radius 2 is 1.56 bits per heavy atom. The maximum Gasteiger partial charge on any atom is 0.0537 e. The van der Waals surface area contributed by atoms with Gasteiger partial charge in [0.25, 0.3) is 0 Å². The van der Waals surface area contributed by atoms with E-state index in [0.29, 0.717) is 24.4 Å². The zero-order valence-electron chi connectivity index (χ0n) is 10.0.